The van der Waals surface area contributed by atoms with Crippen molar-refractivity contribution in [2.75, 3.05) is 31.1 Å². The number of piperazine rings is 1. The van der Waals surface area contributed by atoms with Gasteiger partial charge in [-0.05, 0) is 48.0 Å². The van der Waals surface area contributed by atoms with Gasteiger partial charge < -0.3 is 4.90 Å². The van der Waals surface area contributed by atoms with Crippen molar-refractivity contribution < 1.29 is 13.2 Å². The molecule has 0 spiro atoms. The molecule has 0 radical (unpaired) electrons. The Labute approximate surface area is 146 Å². The second-order valence-electron chi connectivity index (χ2n) is 6.83. The molecule has 4 heterocycles. The quantitative estimate of drug-likeness (QED) is 0.659. The van der Waals surface area contributed by atoms with Crippen LogP contribution in [-0.4, -0.2) is 62.1 Å². The second kappa shape index (κ2) is 5.50. The molecule has 2 aliphatic heterocycles. The van der Waals surface area contributed by atoms with Crippen LogP contribution in [0.2, 0.25) is 0 Å². The number of tetrazole rings is 1. The van der Waals surface area contributed by atoms with Crippen molar-refractivity contribution >= 4 is 22.5 Å². The van der Waals surface area contributed by atoms with Crippen LogP contribution in [0.5, 0.6) is 0 Å². The monoisotopic (exact) mass is 363 g/mol. The summed E-state index contributed by atoms with van der Waals surface area (Å²) >= 11 is 0. The SMILES string of the molecule is FC(F)(F)c1ccc2nc(N3CCN4CCCC4C3)c3nnnn3c2c1. The maximum atomic E-state index is 13.0. The largest absolute Gasteiger partial charge is 0.416 e. The lowest BCUT2D eigenvalue weighted by atomic mass is 10.1. The van der Waals surface area contributed by atoms with Crippen LogP contribution in [-0.2, 0) is 6.18 Å². The van der Waals surface area contributed by atoms with Crippen molar-refractivity contribution in [3.8, 4) is 0 Å². The van der Waals surface area contributed by atoms with E-state index in [4.69, 9.17) is 0 Å². The highest BCUT2D eigenvalue weighted by Crippen LogP contribution is 2.33. The van der Waals surface area contributed by atoms with Gasteiger partial charge in [-0.1, -0.05) is 0 Å². The first-order valence-corrected chi connectivity index (χ1v) is 8.59. The Hall–Kier alpha value is -2.49. The number of hydrogen-bond donors (Lipinski definition) is 0. The third-order valence-corrected chi connectivity index (χ3v) is 5.31. The van der Waals surface area contributed by atoms with Gasteiger partial charge in [0.05, 0.1) is 16.6 Å². The zero-order valence-electron chi connectivity index (χ0n) is 13.8. The maximum Gasteiger partial charge on any atom is 0.416 e. The first-order chi connectivity index (χ1) is 12.5. The molecule has 0 amide bonds. The lowest BCUT2D eigenvalue weighted by Crippen LogP contribution is -2.50. The van der Waals surface area contributed by atoms with Crippen LogP contribution >= 0.6 is 0 Å². The van der Waals surface area contributed by atoms with E-state index in [0.717, 1.165) is 44.7 Å². The zero-order chi connectivity index (χ0) is 17.9. The van der Waals surface area contributed by atoms with Crippen molar-refractivity contribution in [3.05, 3.63) is 23.8 Å². The van der Waals surface area contributed by atoms with E-state index in [1.54, 1.807) is 0 Å². The smallest absolute Gasteiger partial charge is 0.351 e. The second-order valence-corrected chi connectivity index (χ2v) is 6.83. The molecule has 26 heavy (non-hydrogen) atoms. The highest BCUT2D eigenvalue weighted by atomic mass is 19.4. The molecule has 1 unspecified atom stereocenters. The number of rotatable bonds is 1. The van der Waals surface area contributed by atoms with Crippen molar-refractivity contribution in [2.24, 2.45) is 0 Å². The van der Waals surface area contributed by atoms with E-state index in [9.17, 15) is 13.2 Å². The Morgan fingerprint density at radius 1 is 1.12 bits per heavy atom. The van der Waals surface area contributed by atoms with Gasteiger partial charge in [-0.3, -0.25) is 4.90 Å². The molecule has 1 aromatic carbocycles. The topological polar surface area (TPSA) is 62.5 Å². The summed E-state index contributed by atoms with van der Waals surface area (Å²) in [6.45, 7) is 3.72. The molecule has 3 aromatic rings. The summed E-state index contributed by atoms with van der Waals surface area (Å²) in [6, 6.07) is 3.97. The van der Waals surface area contributed by atoms with Crippen LogP contribution in [0.15, 0.2) is 18.2 Å². The highest BCUT2D eigenvalue weighted by Gasteiger charge is 2.33. The van der Waals surface area contributed by atoms with Crippen molar-refractivity contribution in [2.45, 2.75) is 25.1 Å². The Bertz CT molecular complexity index is 983. The van der Waals surface area contributed by atoms with Crippen LogP contribution in [0.3, 0.4) is 0 Å². The van der Waals surface area contributed by atoms with Crippen LogP contribution in [0.25, 0.3) is 16.7 Å². The van der Waals surface area contributed by atoms with Crippen LogP contribution in [0.1, 0.15) is 18.4 Å². The van der Waals surface area contributed by atoms with Gasteiger partial charge >= 0.3 is 6.18 Å². The van der Waals surface area contributed by atoms with Gasteiger partial charge in [-0.15, -0.1) is 5.10 Å². The number of alkyl halides is 3. The Balaban J connectivity index is 1.63. The molecular weight excluding hydrogens is 347 g/mol. The first-order valence-electron chi connectivity index (χ1n) is 8.59. The molecule has 2 saturated heterocycles. The summed E-state index contributed by atoms with van der Waals surface area (Å²) in [5.41, 5.74) is 0.351. The number of anilines is 1. The van der Waals surface area contributed by atoms with Crippen LogP contribution in [0, 0.1) is 0 Å². The minimum atomic E-state index is -4.42. The predicted octanol–water partition coefficient (Wildman–Crippen LogP) is 1.98. The van der Waals surface area contributed by atoms with E-state index in [2.05, 4.69) is 30.3 Å². The van der Waals surface area contributed by atoms with E-state index in [0.29, 0.717) is 23.0 Å². The highest BCUT2D eigenvalue weighted by molar-refractivity contribution is 5.83. The van der Waals surface area contributed by atoms with Crippen molar-refractivity contribution in [3.63, 3.8) is 0 Å². The molecule has 0 aliphatic carbocycles. The molecule has 7 nitrogen and oxygen atoms in total. The molecule has 0 saturated carbocycles. The molecule has 0 N–H and O–H groups in total. The fourth-order valence-corrected chi connectivity index (χ4v) is 4.01. The van der Waals surface area contributed by atoms with E-state index in [1.165, 1.54) is 17.0 Å². The molecule has 136 valence electrons. The van der Waals surface area contributed by atoms with Crippen molar-refractivity contribution in [1.82, 2.24) is 29.9 Å². The summed E-state index contributed by atoms with van der Waals surface area (Å²) in [5, 5.41) is 11.6. The summed E-state index contributed by atoms with van der Waals surface area (Å²) in [7, 11) is 0. The summed E-state index contributed by atoms with van der Waals surface area (Å²) in [4.78, 5) is 9.24. The van der Waals surface area contributed by atoms with Gasteiger partial charge in [0.25, 0.3) is 0 Å². The maximum absolute atomic E-state index is 13.0. The molecule has 5 rings (SSSR count). The number of halogens is 3. The normalized spacial score (nSPS) is 21.7. The Kier molecular flexibility index (Phi) is 3.33. The molecule has 0 bridgehead atoms. The Morgan fingerprint density at radius 3 is 2.85 bits per heavy atom. The van der Waals surface area contributed by atoms with Gasteiger partial charge in [-0.25, -0.2) is 4.98 Å². The minimum Gasteiger partial charge on any atom is -0.351 e. The fourth-order valence-electron chi connectivity index (χ4n) is 4.01. The molecule has 2 aliphatic rings. The minimum absolute atomic E-state index is 0.253. The number of fused-ring (bicyclic) bond motifs is 4. The third kappa shape index (κ3) is 2.39. The lowest BCUT2D eigenvalue weighted by Gasteiger charge is -2.38. The van der Waals surface area contributed by atoms with Gasteiger partial charge in [0.15, 0.2) is 5.82 Å². The Morgan fingerprint density at radius 2 is 2.00 bits per heavy atom. The average molecular weight is 363 g/mol. The lowest BCUT2D eigenvalue weighted by molar-refractivity contribution is -0.137. The molecule has 2 fully saturated rings. The number of aromatic nitrogens is 5. The van der Waals surface area contributed by atoms with E-state index in [1.807, 2.05) is 0 Å². The predicted molar refractivity (Wildman–Crippen MR) is 87.9 cm³/mol. The van der Waals surface area contributed by atoms with Crippen LogP contribution < -0.4 is 4.90 Å². The first kappa shape index (κ1) is 15.7. The van der Waals surface area contributed by atoms with Crippen LogP contribution in [0.4, 0.5) is 19.0 Å². The van der Waals surface area contributed by atoms with Gasteiger partial charge in [0, 0.05) is 25.7 Å². The zero-order valence-corrected chi connectivity index (χ0v) is 13.8. The molecule has 1 atom stereocenters. The molecule has 10 heteroatoms. The molecular formula is C16H16F3N7. The fraction of sp³-hybridized carbons (Fsp3) is 0.500. The van der Waals surface area contributed by atoms with Crippen molar-refractivity contribution in [1.29, 1.82) is 0 Å². The summed E-state index contributed by atoms with van der Waals surface area (Å²) < 4.78 is 40.5. The summed E-state index contributed by atoms with van der Waals surface area (Å²) in [5.74, 6) is 0.633. The molecule has 2 aromatic heterocycles. The number of benzene rings is 1. The van der Waals surface area contributed by atoms with E-state index in [-0.39, 0.29) is 5.52 Å². The third-order valence-electron chi connectivity index (χ3n) is 5.31. The number of hydrogen-bond acceptors (Lipinski definition) is 6. The van der Waals surface area contributed by atoms with Gasteiger partial charge in [-0.2, -0.15) is 17.7 Å². The number of nitrogens with zero attached hydrogens (tertiary/aromatic N) is 7. The average Bonchev–Trinajstić information content (AvgIpc) is 3.28. The van der Waals surface area contributed by atoms with E-state index < -0.39 is 11.7 Å². The summed E-state index contributed by atoms with van der Waals surface area (Å²) in [6.07, 6.45) is -2.07. The van der Waals surface area contributed by atoms with E-state index >= 15 is 0 Å². The standard InChI is InChI=1S/C16H16F3N7/c17-16(18,19)10-3-4-12-13(8-10)26-15(21-22-23-26)14(20-12)25-7-6-24-5-1-2-11(24)9-25/h3-4,8,11H,1-2,5-7,9H2. The van der Waals surface area contributed by atoms with Gasteiger partial charge in [0.2, 0.25) is 5.65 Å². The van der Waals surface area contributed by atoms with Gasteiger partial charge in [0.1, 0.15) is 0 Å².